The molecule has 0 saturated carbocycles. The maximum absolute atomic E-state index is 4.96. The number of hydrogen-bond donors (Lipinski definition) is 1. The molecule has 3 heteroatoms. The first-order chi connectivity index (χ1) is 3.72. The van der Waals surface area contributed by atoms with E-state index in [1.54, 1.807) is 0 Å². The lowest BCUT2D eigenvalue weighted by atomic mass is 10.2. The van der Waals surface area contributed by atoms with E-state index in [9.17, 15) is 0 Å². The lowest BCUT2D eigenvalue weighted by molar-refractivity contribution is -0.152. The number of rotatable bonds is 0. The van der Waals surface area contributed by atoms with Crippen LogP contribution in [0.4, 0.5) is 0 Å². The molecular weight excluding hydrogens is 104 g/mol. The van der Waals surface area contributed by atoms with Gasteiger partial charge in [0.05, 0.1) is 6.04 Å². The largest absolute Gasteiger partial charge is 0.211 e. The molecule has 3 nitrogen and oxygen atoms in total. The van der Waals surface area contributed by atoms with Gasteiger partial charge in [-0.15, -0.1) is 0 Å². The monoisotopic (exact) mass is 116 g/mol. The van der Waals surface area contributed by atoms with Gasteiger partial charge in [-0.05, 0) is 13.8 Å². The summed E-state index contributed by atoms with van der Waals surface area (Å²) in [5.74, 6) is 0. The number of nitrogens with one attached hydrogen (secondary N) is 1. The number of hydrogen-bond acceptors (Lipinski definition) is 3. The lowest BCUT2D eigenvalue weighted by Crippen LogP contribution is -2.28. The van der Waals surface area contributed by atoms with Gasteiger partial charge in [0.1, 0.15) is 0 Å². The average molecular weight is 116 g/mol. The minimum absolute atomic E-state index is 0.444. The molecule has 0 aromatic heterocycles. The molecule has 0 bridgehead atoms. The van der Waals surface area contributed by atoms with E-state index in [1.807, 2.05) is 12.1 Å². The van der Waals surface area contributed by atoms with E-state index < -0.39 is 0 Å². The first-order valence-electron chi connectivity index (χ1n) is 2.87. The number of hydroxylamine groups is 3. The Morgan fingerprint density at radius 3 is 2.25 bits per heavy atom. The zero-order valence-electron chi connectivity index (χ0n) is 5.51. The summed E-state index contributed by atoms with van der Waals surface area (Å²) >= 11 is 0. The summed E-state index contributed by atoms with van der Waals surface area (Å²) < 4.78 is 0. The van der Waals surface area contributed by atoms with Gasteiger partial charge in [0.25, 0.3) is 0 Å². The van der Waals surface area contributed by atoms with Crippen LogP contribution < -0.4 is 5.48 Å². The second-order valence-corrected chi connectivity index (χ2v) is 2.28. The van der Waals surface area contributed by atoms with E-state index in [0.29, 0.717) is 12.1 Å². The number of nitrogens with zero attached hydrogens (tertiary/aromatic N) is 1. The third-order valence-electron chi connectivity index (χ3n) is 1.68. The van der Waals surface area contributed by atoms with Gasteiger partial charge in [-0.3, -0.25) is 0 Å². The van der Waals surface area contributed by atoms with E-state index in [4.69, 9.17) is 4.94 Å². The molecule has 1 heterocycles. The molecule has 48 valence electrons. The maximum atomic E-state index is 4.96. The first-order valence-corrected chi connectivity index (χ1v) is 2.87. The molecule has 8 heavy (non-hydrogen) atoms. The third-order valence-corrected chi connectivity index (χ3v) is 1.68. The van der Waals surface area contributed by atoms with Crippen LogP contribution in [0.15, 0.2) is 0 Å². The molecule has 0 aromatic rings. The number of likely N-dealkylation sites (N-methyl/N-ethyl adjacent to an activating group) is 1. The van der Waals surface area contributed by atoms with Gasteiger partial charge >= 0.3 is 0 Å². The minimum atomic E-state index is 0.444. The van der Waals surface area contributed by atoms with Crippen LogP contribution in [0.1, 0.15) is 13.8 Å². The lowest BCUT2D eigenvalue weighted by Gasteiger charge is -2.10. The Morgan fingerprint density at radius 2 is 2.12 bits per heavy atom. The molecule has 1 N–H and O–H groups in total. The molecule has 2 unspecified atom stereocenters. The van der Waals surface area contributed by atoms with Crippen LogP contribution in [-0.2, 0) is 4.94 Å². The van der Waals surface area contributed by atoms with E-state index in [0.717, 1.165) is 0 Å². The predicted octanol–water partition coefficient (Wildman–Crippen LogP) is 0.145. The van der Waals surface area contributed by atoms with Crippen molar-refractivity contribution in [1.29, 1.82) is 0 Å². The maximum Gasteiger partial charge on any atom is 0.0514 e. The Morgan fingerprint density at radius 1 is 1.50 bits per heavy atom. The van der Waals surface area contributed by atoms with Gasteiger partial charge in [0.2, 0.25) is 0 Å². The quantitative estimate of drug-likeness (QED) is 0.487. The van der Waals surface area contributed by atoms with Crippen LogP contribution in [0.25, 0.3) is 0 Å². The minimum Gasteiger partial charge on any atom is -0.211 e. The van der Waals surface area contributed by atoms with Crippen LogP contribution in [0.3, 0.4) is 0 Å². The summed E-state index contributed by atoms with van der Waals surface area (Å²) in [5.41, 5.74) is 2.84. The molecule has 2 atom stereocenters. The van der Waals surface area contributed by atoms with E-state index in [1.165, 1.54) is 0 Å². The highest BCUT2D eigenvalue weighted by atomic mass is 16.8. The van der Waals surface area contributed by atoms with Gasteiger partial charge in [0.15, 0.2) is 0 Å². The second kappa shape index (κ2) is 2.01. The van der Waals surface area contributed by atoms with E-state index in [-0.39, 0.29) is 0 Å². The van der Waals surface area contributed by atoms with Crippen molar-refractivity contribution in [3.05, 3.63) is 0 Å². The topological polar surface area (TPSA) is 24.5 Å². The highest BCUT2D eigenvalue weighted by Gasteiger charge is 2.24. The molecule has 0 spiro atoms. The summed E-state index contributed by atoms with van der Waals surface area (Å²) in [6.07, 6.45) is 0. The van der Waals surface area contributed by atoms with Crippen molar-refractivity contribution in [2.75, 3.05) is 7.05 Å². The van der Waals surface area contributed by atoms with Crippen molar-refractivity contribution in [3.63, 3.8) is 0 Å². The zero-order chi connectivity index (χ0) is 6.15. The fraction of sp³-hybridized carbons (Fsp3) is 1.00. The van der Waals surface area contributed by atoms with Gasteiger partial charge in [0, 0.05) is 13.1 Å². The summed E-state index contributed by atoms with van der Waals surface area (Å²) in [6.45, 7) is 4.21. The van der Waals surface area contributed by atoms with Crippen molar-refractivity contribution >= 4 is 0 Å². The second-order valence-electron chi connectivity index (χ2n) is 2.28. The normalized spacial score (nSPS) is 40.9. The van der Waals surface area contributed by atoms with Gasteiger partial charge in [-0.25, -0.2) is 4.94 Å². The Bertz CT molecular complexity index is 76.5. The zero-order valence-corrected chi connectivity index (χ0v) is 5.51. The molecule has 0 amide bonds. The summed E-state index contributed by atoms with van der Waals surface area (Å²) in [6, 6.07) is 0.926. The van der Waals surface area contributed by atoms with E-state index >= 15 is 0 Å². The Labute approximate surface area is 49.5 Å². The molecule has 0 aliphatic carbocycles. The molecule has 1 fully saturated rings. The molecule has 1 aliphatic rings. The Hall–Kier alpha value is -0.120. The average Bonchev–Trinajstić information content (AvgIpc) is 1.98. The third kappa shape index (κ3) is 0.844. The van der Waals surface area contributed by atoms with Crippen molar-refractivity contribution in [2.45, 2.75) is 25.9 Å². The van der Waals surface area contributed by atoms with E-state index in [2.05, 4.69) is 19.3 Å². The van der Waals surface area contributed by atoms with Crippen LogP contribution in [0.2, 0.25) is 0 Å². The SMILES string of the molecule is CC1NON(C)C1C. The van der Waals surface area contributed by atoms with Crippen LogP contribution in [0.5, 0.6) is 0 Å². The van der Waals surface area contributed by atoms with Crippen LogP contribution >= 0.6 is 0 Å². The molecule has 0 aromatic carbocycles. The standard InChI is InChI=1S/C5H12N2O/c1-4-5(2)7(3)8-6-4/h4-6H,1-3H3. The summed E-state index contributed by atoms with van der Waals surface area (Å²) in [4.78, 5) is 4.96. The van der Waals surface area contributed by atoms with Crippen molar-refractivity contribution in [3.8, 4) is 0 Å². The van der Waals surface area contributed by atoms with Crippen LogP contribution in [0, 0.1) is 0 Å². The summed E-state index contributed by atoms with van der Waals surface area (Å²) in [7, 11) is 1.92. The molecule has 1 saturated heterocycles. The van der Waals surface area contributed by atoms with Crippen molar-refractivity contribution < 1.29 is 4.94 Å². The Kier molecular flexibility index (Phi) is 1.51. The highest BCUT2D eigenvalue weighted by molar-refractivity contribution is 4.71. The predicted molar refractivity (Wildman–Crippen MR) is 30.9 cm³/mol. The van der Waals surface area contributed by atoms with Crippen LogP contribution in [-0.4, -0.2) is 24.2 Å². The van der Waals surface area contributed by atoms with Crippen molar-refractivity contribution in [2.24, 2.45) is 0 Å². The first kappa shape index (κ1) is 6.01. The Balaban J connectivity index is 2.44. The molecular formula is C5H12N2O. The molecule has 1 aliphatic heterocycles. The molecule has 1 rings (SSSR count). The van der Waals surface area contributed by atoms with Crippen molar-refractivity contribution in [1.82, 2.24) is 10.5 Å². The van der Waals surface area contributed by atoms with Gasteiger partial charge in [-0.1, -0.05) is 0 Å². The fourth-order valence-electron chi connectivity index (χ4n) is 0.663. The van der Waals surface area contributed by atoms with Gasteiger partial charge in [-0.2, -0.15) is 10.5 Å². The summed E-state index contributed by atoms with van der Waals surface area (Å²) in [5, 5.41) is 1.81. The highest BCUT2D eigenvalue weighted by Crippen LogP contribution is 2.07. The smallest absolute Gasteiger partial charge is 0.0514 e. The molecule has 0 radical (unpaired) electrons. The fourth-order valence-corrected chi connectivity index (χ4v) is 0.663. The van der Waals surface area contributed by atoms with Gasteiger partial charge < -0.3 is 0 Å².